The second kappa shape index (κ2) is 26.3. The quantitative estimate of drug-likeness (QED) is 0.0766. The van der Waals surface area contributed by atoms with Crippen LogP contribution in [0.15, 0.2) is 95.2 Å². The highest BCUT2D eigenvalue weighted by Gasteiger charge is 2.42. The number of esters is 2. The van der Waals surface area contributed by atoms with E-state index >= 15 is 0 Å². The van der Waals surface area contributed by atoms with Gasteiger partial charge in [0.2, 0.25) is 11.7 Å². The van der Waals surface area contributed by atoms with Crippen LogP contribution in [0.5, 0.6) is 0 Å². The van der Waals surface area contributed by atoms with Gasteiger partial charge >= 0.3 is 11.9 Å². The molecule has 1 amide bonds. The zero-order valence-electron chi connectivity index (χ0n) is 39.2. The number of hydrogen-bond acceptors (Lipinski definition) is 13. The lowest BCUT2D eigenvalue weighted by molar-refractivity contribution is -0.268. The Hall–Kier alpha value is -4.60. The molecule has 0 aromatic carbocycles. The van der Waals surface area contributed by atoms with Gasteiger partial charge in [-0.1, -0.05) is 108 Å². The van der Waals surface area contributed by atoms with Crippen LogP contribution in [0.3, 0.4) is 0 Å². The molecule has 0 aromatic heterocycles. The Balaban J connectivity index is 0.000000435. The van der Waals surface area contributed by atoms with E-state index in [0.29, 0.717) is 0 Å². The van der Waals surface area contributed by atoms with E-state index in [1.165, 1.54) is 14.0 Å². The van der Waals surface area contributed by atoms with Crippen molar-refractivity contribution in [1.29, 1.82) is 0 Å². The molecular weight excluding hydrogens is 811 g/mol. The molecule has 0 bridgehead atoms. The Kier molecular flexibility index (Phi) is 22.7. The SMILES string of the molecule is CC/C=C/C=C/[C@H]1O[C@](C)(O)C[C@@H](OC(=O)/C=C/C(=O)NC2=C(O)CCC2=O)[C@@H]1C.CO/C1=C\C(C)=C\C(C)[C@@H](O)[C@@H](C)C/C(C)=C/C=C/[C@H](OC)[C@@H]([C@@H](C)[C@@H](O)C(C)C)OC1=O. The second-order valence-electron chi connectivity index (χ2n) is 17.3. The lowest BCUT2D eigenvalue weighted by atomic mass is 9.87. The number of ether oxygens (including phenoxy) is 5. The first-order valence-corrected chi connectivity index (χ1v) is 21.8. The summed E-state index contributed by atoms with van der Waals surface area (Å²) in [5.74, 6) is -4.71. The molecule has 11 atom stereocenters. The van der Waals surface area contributed by atoms with Crippen molar-refractivity contribution >= 4 is 23.6 Å². The van der Waals surface area contributed by atoms with Gasteiger partial charge in [-0.25, -0.2) is 9.59 Å². The van der Waals surface area contributed by atoms with Gasteiger partial charge in [0, 0.05) is 56.3 Å². The van der Waals surface area contributed by atoms with Crippen molar-refractivity contribution in [1.82, 2.24) is 5.32 Å². The molecule has 0 spiro atoms. The van der Waals surface area contributed by atoms with Crippen LogP contribution in [0.25, 0.3) is 0 Å². The number of carbonyl (C=O) groups excluding carboxylic acids is 4. The van der Waals surface area contributed by atoms with Gasteiger partial charge in [0.25, 0.3) is 0 Å². The summed E-state index contributed by atoms with van der Waals surface area (Å²) in [6.45, 7) is 19.0. The molecule has 14 nitrogen and oxygen atoms in total. The van der Waals surface area contributed by atoms with Crippen LogP contribution in [0.4, 0.5) is 0 Å². The lowest BCUT2D eigenvalue weighted by Gasteiger charge is -2.41. The number of Topliss-reactive ketones (excluding diaryl/α,β-unsaturated/α-hetero) is 1. The highest BCUT2D eigenvalue weighted by molar-refractivity contribution is 6.04. The minimum absolute atomic E-state index is 0.0142. The Morgan fingerprint density at radius 1 is 1.06 bits per heavy atom. The van der Waals surface area contributed by atoms with Crippen LogP contribution in [0.2, 0.25) is 0 Å². The zero-order valence-corrected chi connectivity index (χ0v) is 39.2. The number of aliphatic hydroxyl groups excluding tert-OH is 3. The van der Waals surface area contributed by atoms with Crippen molar-refractivity contribution in [3.05, 3.63) is 95.2 Å². The van der Waals surface area contributed by atoms with Crippen molar-refractivity contribution in [2.45, 2.75) is 144 Å². The minimum atomic E-state index is -1.46. The molecule has 0 aromatic rings. The molecule has 1 fully saturated rings. The van der Waals surface area contributed by atoms with Crippen LogP contribution in [-0.4, -0.2) is 101 Å². The number of nitrogens with one attached hydrogen (secondary N) is 1. The summed E-state index contributed by atoms with van der Waals surface area (Å²) in [5.41, 5.74) is 1.77. The number of ketones is 1. The van der Waals surface area contributed by atoms with Gasteiger partial charge < -0.3 is 49.4 Å². The van der Waals surface area contributed by atoms with Gasteiger partial charge in [0.05, 0.1) is 25.4 Å². The van der Waals surface area contributed by atoms with Crippen molar-refractivity contribution in [2.75, 3.05) is 14.2 Å². The topological polar surface area (TPSA) is 207 Å². The van der Waals surface area contributed by atoms with E-state index in [2.05, 4.69) is 5.32 Å². The van der Waals surface area contributed by atoms with E-state index in [0.717, 1.165) is 36.1 Å². The number of allylic oxidation sites excluding steroid dienone is 10. The fraction of sp³-hybridized carbons (Fsp3) is 0.592. The van der Waals surface area contributed by atoms with Crippen LogP contribution >= 0.6 is 0 Å². The average molecular weight is 884 g/mol. The molecule has 14 heteroatoms. The maximum Gasteiger partial charge on any atom is 0.373 e. The minimum Gasteiger partial charge on any atom is -0.510 e. The second-order valence-corrected chi connectivity index (χ2v) is 17.3. The summed E-state index contributed by atoms with van der Waals surface area (Å²) in [5, 5.41) is 43.7. The highest BCUT2D eigenvalue weighted by atomic mass is 16.6. The molecular formula is C49H73NO13. The maximum atomic E-state index is 13.0. The molecule has 1 aliphatic carbocycles. The van der Waals surface area contributed by atoms with E-state index in [9.17, 15) is 39.6 Å². The average Bonchev–Trinajstić information content (AvgIpc) is 3.53. The largest absolute Gasteiger partial charge is 0.510 e. The summed E-state index contributed by atoms with van der Waals surface area (Å²) in [7, 11) is 2.97. The Morgan fingerprint density at radius 2 is 1.75 bits per heavy atom. The first-order chi connectivity index (χ1) is 29.5. The standard InChI is InChI=1S/C27H44O6.C22H29NO7/c1-16(2)24(28)21(7)26-22(31-8)12-10-11-17(3)13-19(5)25(29)20(6)14-18(4)15-23(32-9)27(30)33-26;1-4-5-6-7-8-17-14(2)18(13-22(3,28)30-17)29-20(27)12-11-19(26)23-21-15(24)9-10-16(21)25/h10-12,14-16,19-22,24-26,28-29H,13H2,1-9H3;5-8,11-12,14,17-18,24,28H,4,9-10,13H2,1-3H3,(H,23,26)/b12-10+,17-11+,18-14+,23-15-;6-5+,8-7+,12-11+/t19-,20?,21-,22-,24-,25-,26+;14-,17-,18-,22+/m01/s1. The molecule has 352 valence electrons. The first kappa shape index (κ1) is 54.5. The van der Waals surface area contributed by atoms with Crippen molar-refractivity contribution in [3.63, 3.8) is 0 Å². The number of cyclic esters (lactones) is 1. The van der Waals surface area contributed by atoms with Crippen molar-refractivity contribution < 1.29 is 63.3 Å². The number of hydrogen-bond donors (Lipinski definition) is 5. The number of amides is 1. The Morgan fingerprint density at radius 3 is 2.33 bits per heavy atom. The Labute approximate surface area is 374 Å². The van der Waals surface area contributed by atoms with Crippen molar-refractivity contribution in [3.8, 4) is 0 Å². The van der Waals surface area contributed by atoms with Gasteiger partial charge in [-0.15, -0.1) is 0 Å². The molecule has 0 radical (unpaired) electrons. The van der Waals surface area contributed by atoms with Gasteiger partial charge in [0.1, 0.15) is 29.8 Å². The predicted molar refractivity (Wildman–Crippen MR) is 240 cm³/mol. The van der Waals surface area contributed by atoms with E-state index in [4.69, 9.17) is 23.7 Å². The third-order valence-corrected chi connectivity index (χ3v) is 11.2. The maximum absolute atomic E-state index is 13.0. The van der Waals surface area contributed by atoms with Crippen LogP contribution in [-0.2, 0) is 42.9 Å². The number of rotatable bonds is 12. The molecule has 63 heavy (non-hydrogen) atoms. The molecule has 3 rings (SSSR count). The van der Waals surface area contributed by atoms with Crippen LogP contribution in [0.1, 0.15) is 101 Å². The van der Waals surface area contributed by atoms with Gasteiger partial charge in [-0.2, -0.15) is 0 Å². The van der Waals surface area contributed by atoms with Gasteiger partial charge in [-0.05, 0) is 51.5 Å². The summed E-state index contributed by atoms with van der Waals surface area (Å²) >= 11 is 0. The van der Waals surface area contributed by atoms with Gasteiger partial charge in [0.15, 0.2) is 11.6 Å². The summed E-state index contributed by atoms with van der Waals surface area (Å²) in [6.07, 6.45) is 17.1. The number of methoxy groups -OCH3 is 2. The molecule has 2 heterocycles. The fourth-order valence-electron chi connectivity index (χ4n) is 7.55. The molecule has 2 aliphatic heterocycles. The van der Waals surface area contributed by atoms with Crippen LogP contribution < -0.4 is 5.32 Å². The third-order valence-electron chi connectivity index (χ3n) is 11.2. The first-order valence-electron chi connectivity index (χ1n) is 21.8. The summed E-state index contributed by atoms with van der Waals surface area (Å²) < 4.78 is 28.0. The molecule has 1 saturated heterocycles. The lowest BCUT2D eigenvalue weighted by Crippen LogP contribution is -2.50. The highest BCUT2D eigenvalue weighted by Crippen LogP contribution is 2.34. The predicted octanol–water partition coefficient (Wildman–Crippen LogP) is 6.94. The number of aliphatic hydroxyl groups is 4. The molecule has 0 saturated carbocycles. The number of carbonyl (C=O) groups is 4. The van der Waals surface area contributed by atoms with E-state index < -0.39 is 60.3 Å². The molecule has 1 unspecified atom stereocenters. The van der Waals surface area contributed by atoms with Crippen LogP contribution in [0, 0.1) is 29.6 Å². The zero-order chi connectivity index (χ0) is 47.6. The summed E-state index contributed by atoms with van der Waals surface area (Å²) in [6, 6.07) is 0. The monoisotopic (exact) mass is 884 g/mol. The fourth-order valence-corrected chi connectivity index (χ4v) is 7.55. The van der Waals surface area contributed by atoms with Crippen molar-refractivity contribution in [2.24, 2.45) is 29.6 Å². The van der Waals surface area contributed by atoms with E-state index in [1.54, 1.807) is 19.3 Å². The Bertz CT molecular complexity index is 1800. The normalized spacial score (nSPS) is 33.0. The smallest absolute Gasteiger partial charge is 0.373 e. The molecule has 3 aliphatic rings. The van der Waals surface area contributed by atoms with Gasteiger partial charge in [-0.3, -0.25) is 9.59 Å². The van der Waals surface area contributed by atoms with E-state index in [1.807, 2.05) is 105 Å². The molecule has 5 N–H and O–H groups in total. The summed E-state index contributed by atoms with van der Waals surface area (Å²) in [4.78, 5) is 48.7. The van der Waals surface area contributed by atoms with E-state index in [-0.39, 0.29) is 71.9 Å². The third kappa shape index (κ3) is 17.8.